The van der Waals surface area contributed by atoms with E-state index in [1.165, 1.54) is 35.2 Å². The summed E-state index contributed by atoms with van der Waals surface area (Å²) in [7, 11) is 0. The molecule has 0 spiro atoms. The van der Waals surface area contributed by atoms with Crippen molar-refractivity contribution in [3.05, 3.63) is 71.0 Å². The number of alkyl halides is 2. The maximum absolute atomic E-state index is 14.5. The molecule has 0 fully saturated rings. The normalized spacial score (nSPS) is 11.4. The molecule has 4 rings (SSSR count). The van der Waals surface area contributed by atoms with Crippen LogP contribution in [0.2, 0.25) is 5.02 Å². The van der Waals surface area contributed by atoms with Crippen molar-refractivity contribution in [2.24, 2.45) is 0 Å². The van der Waals surface area contributed by atoms with Gasteiger partial charge in [0.1, 0.15) is 12.4 Å². The van der Waals surface area contributed by atoms with Crippen LogP contribution in [0, 0.1) is 12.7 Å². The third-order valence-electron chi connectivity index (χ3n) is 4.56. The first kappa shape index (κ1) is 20.0. The van der Waals surface area contributed by atoms with Gasteiger partial charge in [-0.15, -0.1) is 0 Å². The quantitative estimate of drug-likeness (QED) is 0.491. The minimum absolute atomic E-state index is 0.142. The zero-order valence-corrected chi connectivity index (χ0v) is 16.4. The fourth-order valence-electron chi connectivity index (χ4n) is 3.10. The number of anilines is 1. The first-order valence-corrected chi connectivity index (χ1v) is 9.25. The molecule has 3 aromatic heterocycles. The summed E-state index contributed by atoms with van der Waals surface area (Å²) in [5.41, 5.74) is 2.24. The molecule has 3 heterocycles. The second-order valence-corrected chi connectivity index (χ2v) is 7.12. The first-order valence-electron chi connectivity index (χ1n) is 8.87. The number of aryl methyl sites for hydroxylation is 1. The van der Waals surface area contributed by atoms with Crippen molar-refractivity contribution in [1.29, 1.82) is 0 Å². The molecule has 0 saturated carbocycles. The number of nitrogens with one attached hydrogen (secondary N) is 1. The number of carbonyl (C=O) groups excluding carboxylic acids is 1. The van der Waals surface area contributed by atoms with E-state index in [1.807, 2.05) is 0 Å². The number of aromatic nitrogens is 4. The SMILES string of the molecule is Cc1cc(F)c(-c2cnn(CC(F)F)c2)cc1NC(=O)c1cnn2cc(Cl)ccc12. The van der Waals surface area contributed by atoms with Crippen LogP contribution in [-0.4, -0.2) is 31.7 Å². The van der Waals surface area contributed by atoms with Gasteiger partial charge in [-0.25, -0.2) is 17.7 Å². The molecule has 0 unspecified atom stereocenters. The molecule has 0 saturated heterocycles. The van der Waals surface area contributed by atoms with Gasteiger partial charge < -0.3 is 5.32 Å². The Labute approximate surface area is 173 Å². The van der Waals surface area contributed by atoms with Crippen LogP contribution in [-0.2, 0) is 6.54 Å². The summed E-state index contributed by atoms with van der Waals surface area (Å²) in [5, 5.41) is 11.2. The predicted octanol–water partition coefficient (Wildman–Crippen LogP) is 4.82. The van der Waals surface area contributed by atoms with Gasteiger partial charge in [0.2, 0.25) is 0 Å². The maximum atomic E-state index is 14.5. The summed E-state index contributed by atoms with van der Waals surface area (Å²) >= 11 is 5.93. The monoisotopic (exact) mass is 433 g/mol. The lowest BCUT2D eigenvalue weighted by Crippen LogP contribution is -2.13. The smallest absolute Gasteiger partial charge is 0.259 e. The van der Waals surface area contributed by atoms with E-state index in [2.05, 4.69) is 15.5 Å². The number of hydrogen-bond donors (Lipinski definition) is 1. The molecule has 0 aliphatic rings. The van der Waals surface area contributed by atoms with Gasteiger partial charge in [-0.3, -0.25) is 9.48 Å². The number of fused-ring (bicyclic) bond motifs is 1. The number of amides is 1. The largest absolute Gasteiger partial charge is 0.322 e. The lowest BCUT2D eigenvalue weighted by Gasteiger charge is -2.11. The van der Waals surface area contributed by atoms with Crippen LogP contribution in [0.15, 0.2) is 49.1 Å². The topological polar surface area (TPSA) is 64.2 Å². The predicted molar refractivity (Wildman–Crippen MR) is 107 cm³/mol. The lowest BCUT2D eigenvalue weighted by molar-refractivity contribution is 0.102. The zero-order valence-electron chi connectivity index (χ0n) is 15.6. The summed E-state index contributed by atoms with van der Waals surface area (Å²) in [4.78, 5) is 12.8. The minimum atomic E-state index is -2.57. The van der Waals surface area contributed by atoms with Crippen LogP contribution < -0.4 is 5.32 Å². The number of benzene rings is 1. The van der Waals surface area contributed by atoms with Crippen LogP contribution in [0.5, 0.6) is 0 Å². The Bertz CT molecular complexity index is 1250. The Kier molecular flexibility index (Phi) is 5.21. The van der Waals surface area contributed by atoms with E-state index in [0.29, 0.717) is 32.9 Å². The molecule has 0 aliphatic heterocycles. The summed E-state index contributed by atoms with van der Waals surface area (Å²) < 4.78 is 42.1. The van der Waals surface area contributed by atoms with E-state index in [4.69, 9.17) is 11.6 Å². The third kappa shape index (κ3) is 3.88. The van der Waals surface area contributed by atoms with E-state index >= 15 is 0 Å². The second-order valence-electron chi connectivity index (χ2n) is 6.68. The first-order chi connectivity index (χ1) is 14.3. The Balaban J connectivity index is 1.65. The summed E-state index contributed by atoms with van der Waals surface area (Å²) in [5.74, 6) is -0.978. The van der Waals surface area contributed by atoms with Gasteiger partial charge in [0.25, 0.3) is 12.3 Å². The lowest BCUT2D eigenvalue weighted by atomic mass is 10.0. The molecule has 1 aromatic carbocycles. The summed E-state index contributed by atoms with van der Waals surface area (Å²) in [6, 6.07) is 6.04. The molecule has 0 aliphatic carbocycles. The van der Waals surface area contributed by atoms with Gasteiger partial charge in [-0.1, -0.05) is 11.6 Å². The summed E-state index contributed by atoms with van der Waals surface area (Å²) in [6.07, 6.45) is 3.05. The van der Waals surface area contributed by atoms with Crippen molar-refractivity contribution >= 4 is 28.7 Å². The fourth-order valence-corrected chi connectivity index (χ4v) is 3.25. The van der Waals surface area contributed by atoms with Crippen molar-refractivity contribution < 1.29 is 18.0 Å². The van der Waals surface area contributed by atoms with E-state index < -0.39 is 24.7 Å². The van der Waals surface area contributed by atoms with E-state index in [-0.39, 0.29) is 5.56 Å². The second kappa shape index (κ2) is 7.83. The number of halogens is 4. The number of hydrogen-bond acceptors (Lipinski definition) is 3. The molecule has 1 N–H and O–H groups in total. The highest BCUT2D eigenvalue weighted by atomic mass is 35.5. The van der Waals surface area contributed by atoms with Gasteiger partial charge in [-0.05, 0) is 36.8 Å². The van der Waals surface area contributed by atoms with Crippen molar-refractivity contribution in [2.75, 3.05) is 5.32 Å². The Morgan fingerprint density at radius 3 is 2.77 bits per heavy atom. The van der Waals surface area contributed by atoms with Gasteiger partial charge in [0.15, 0.2) is 0 Å². The van der Waals surface area contributed by atoms with Crippen molar-refractivity contribution in [1.82, 2.24) is 19.4 Å². The molecule has 0 radical (unpaired) electrons. The number of nitrogens with zero attached hydrogens (tertiary/aromatic N) is 4. The molecule has 0 atom stereocenters. The van der Waals surface area contributed by atoms with Crippen molar-refractivity contribution in [3.8, 4) is 11.1 Å². The van der Waals surface area contributed by atoms with Crippen LogP contribution in [0.4, 0.5) is 18.9 Å². The average molecular weight is 434 g/mol. The van der Waals surface area contributed by atoms with Crippen LogP contribution >= 0.6 is 11.6 Å². The molecular weight excluding hydrogens is 419 g/mol. The minimum Gasteiger partial charge on any atom is -0.322 e. The molecule has 30 heavy (non-hydrogen) atoms. The zero-order chi connectivity index (χ0) is 21.4. The van der Waals surface area contributed by atoms with Crippen LogP contribution in [0.1, 0.15) is 15.9 Å². The van der Waals surface area contributed by atoms with E-state index in [0.717, 1.165) is 4.68 Å². The Morgan fingerprint density at radius 1 is 1.20 bits per heavy atom. The number of carbonyl (C=O) groups is 1. The third-order valence-corrected chi connectivity index (χ3v) is 4.78. The van der Waals surface area contributed by atoms with Crippen LogP contribution in [0.3, 0.4) is 0 Å². The molecule has 0 bridgehead atoms. The van der Waals surface area contributed by atoms with E-state index in [9.17, 15) is 18.0 Å². The standard InChI is InChI=1S/C20H15ClF3N5O/c1-11-4-16(22)14(12-6-25-28(8-12)10-19(23)24)5-17(11)27-20(30)15-7-26-29-9-13(21)2-3-18(15)29/h2-9,19H,10H2,1H3,(H,27,30). The van der Waals surface area contributed by atoms with Gasteiger partial charge in [-0.2, -0.15) is 10.2 Å². The highest BCUT2D eigenvalue weighted by Crippen LogP contribution is 2.29. The molecule has 10 heteroatoms. The van der Waals surface area contributed by atoms with Crippen molar-refractivity contribution in [3.63, 3.8) is 0 Å². The fraction of sp³-hybridized carbons (Fsp3) is 0.150. The maximum Gasteiger partial charge on any atom is 0.259 e. The summed E-state index contributed by atoms with van der Waals surface area (Å²) in [6.45, 7) is 1.06. The van der Waals surface area contributed by atoms with Gasteiger partial charge in [0.05, 0.1) is 28.5 Å². The number of rotatable bonds is 5. The molecule has 4 aromatic rings. The molecule has 1 amide bonds. The number of pyridine rings is 1. The molecule has 154 valence electrons. The Hall–Kier alpha value is -3.33. The molecular formula is C20H15ClF3N5O. The van der Waals surface area contributed by atoms with Gasteiger partial charge >= 0.3 is 0 Å². The van der Waals surface area contributed by atoms with Crippen molar-refractivity contribution in [2.45, 2.75) is 19.9 Å². The average Bonchev–Trinajstić information content (AvgIpc) is 3.30. The Morgan fingerprint density at radius 2 is 2.00 bits per heavy atom. The highest BCUT2D eigenvalue weighted by molar-refractivity contribution is 6.30. The van der Waals surface area contributed by atoms with Gasteiger partial charge in [0, 0.05) is 29.2 Å². The van der Waals surface area contributed by atoms with Crippen LogP contribution in [0.25, 0.3) is 16.6 Å². The highest BCUT2D eigenvalue weighted by Gasteiger charge is 2.17. The van der Waals surface area contributed by atoms with E-state index in [1.54, 1.807) is 25.3 Å². The molecule has 6 nitrogen and oxygen atoms in total.